The van der Waals surface area contributed by atoms with E-state index in [1.54, 1.807) is 35.6 Å². The average Bonchev–Trinajstić information content (AvgIpc) is 2.52. The Hall–Kier alpha value is -2.35. The molecule has 0 heterocycles. The van der Waals surface area contributed by atoms with Gasteiger partial charge in [0.15, 0.2) is 0 Å². The van der Waals surface area contributed by atoms with E-state index in [0.29, 0.717) is 11.1 Å². The lowest BCUT2D eigenvalue weighted by Gasteiger charge is -2.10. The number of rotatable bonds is 4. The fourth-order valence-corrected chi connectivity index (χ4v) is 2.27. The molecular formula is C16H12BrF3N2O2. The van der Waals surface area contributed by atoms with Crippen LogP contribution >= 0.6 is 15.9 Å². The summed E-state index contributed by atoms with van der Waals surface area (Å²) in [6, 6.07) is 12.6. The van der Waals surface area contributed by atoms with E-state index in [1.807, 2.05) is 0 Å². The Labute approximate surface area is 144 Å². The first kappa shape index (κ1) is 18.0. The summed E-state index contributed by atoms with van der Waals surface area (Å²) in [4.78, 5) is 22.9. The second-order valence-corrected chi connectivity index (χ2v) is 5.76. The van der Waals surface area contributed by atoms with Crippen LogP contribution in [-0.4, -0.2) is 18.0 Å². The lowest BCUT2D eigenvalue weighted by Crippen LogP contribution is -2.30. The number of alkyl halides is 3. The SMILES string of the molecule is O=C(NCc1cccc(NC(=O)C(F)(F)F)c1)c1cccc(Br)c1. The summed E-state index contributed by atoms with van der Waals surface area (Å²) in [7, 11) is 0. The van der Waals surface area contributed by atoms with E-state index >= 15 is 0 Å². The zero-order valence-corrected chi connectivity index (χ0v) is 13.7. The van der Waals surface area contributed by atoms with Crippen molar-refractivity contribution < 1.29 is 22.8 Å². The summed E-state index contributed by atoms with van der Waals surface area (Å²) in [6.45, 7) is 0.112. The molecule has 0 fully saturated rings. The minimum Gasteiger partial charge on any atom is -0.348 e. The summed E-state index contributed by atoms with van der Waals surface area (Å²) >= 11 is 3.26. The Bertz CT molecular complexity index is 763. The maximum Gasteiger partial charge on any atom is 0.471 e. The maximum atomic E-state index is 12.2. The van der Waals surface area contributed by atoms with Crippen LogP contribution in [0, 0.1) is 0 Å². The van der Waals surface area contributed by atoms with Crippen molar-refractivity contribution in [3.05, 3.63) is 64.1 Å². The second kappa shape index (κ2) is 7.48. The van der Waals surface area contributed by atoms with Gasteiger partial charge in [0.25, 0.3) is 5.91 Å². The molecule has 0 unspecified atom stereocenters. The molecule has 2 aromatic rings. The predicted molar refractivity (Wildman–Crippen MR) is 86.4 cm³/mol. The molecule has 0 aromatic heterocycles. The first-order valence-electron chi connectivity index (χ1n) is 6.76. The van der Waals surface area contributed by atoms with Crippen molar-refractivity contribution in [3.8, 4) is 0 Å². The van der Waals surface area contributed by atoms with E-state index < -0.39 is 12.1 Å². The fourth-order valence-electron chi connectivity index (χ4n) is 1.88. The number of halogens is 4. The van der Waals surface area contributed by atoms with Crippen molar-refractivity contribution in [2.45, 2.75) is 12.7 Å². The number of nitrogens with one attached hydrogen (secondary N) is 2. The number of carbonyl (C=O) groups excluding carboxylic acids is 2. The van der Waals surface area contributed by atoms with E-state index in [-0.39, 0.29) is 18.1 Å². The molecule has 2 aromatic carbocycles. The third-order valence-electron chi connectivity index (χ3n) is 2.98. The minimum atomic E-state index is -4.95. The van der Waals surface area contributed by atoms with Gasteiger partial charge in [-0.1, -0.05) is 34.1 Å². The van der Waals surface area contributed by atoms with Gasteiger partial charge in [0, 0.05) is 22.3 Å². The van der Waals surface area contributed by atoms with E-state index in [0.717, 1.165) is 4.47 Å². The first-order valence-corrected chi connectivity index (χ1v) is 7.56. The van der Waals surface area contributed by atoms with E-state index in [9.17, 15) is 22.8 Å². The van der Waals surface area contributed by atoms with E-state index in [1.165, 1.54) is 18.2 Å². The number of amides is 2. The van der Waals surface area contributed by atoms with Crippen molar-refractivity contribution in [1.82, 2.24) is 5.32 Å². The summed E-state index contributed by atoms with van der Waals surface area (Å²) in [6.07, 6.45) is -4.95. The van der Waals surface area contributed by atoms with Crippen LogP contribution in [0.2, 0.25) is 0 Å². The number of benzene rings is 2. The standard InChI is InChI=1S/C16H12BrF3N2O2/c17-12-5-2-4-11(8-12)14(23)21-9-10-3-1-6-13(7-10)22-15(24)16(18,19)20/h1-8H,9H2,(H,21,23)(H,22,24). The average molecular weight is 401 g/mol. The molecule has 0 bridgehead atoms. The van der Waals surface area contributed by atoms with Gasteiger partial charge >= 0.3 is 12.1 Å². The molecule has 126 valence electrons. The van der Waals surface area contributed by atoms with Crippen molar-refractivity contribution >= 4 is 33.4 Å². The van der Waals surface area contributed by atoms with Crippen molar-refractivity contribution in [1.29, 1.82) is 0 Å². The highest BCUT2D eigenvalue weighted by atomic mass is 79.9. The molecule has 0 atom stereocenters. The monoisotopic (exact) mass is 400 g/mol. The van der Waals surface area contributed by atoms with Gasteiger partial charge < -0.3 is 10.6 Å². The highest BCUT2D eigenvalue weighted by molar-refractivity contribution is 9.10. The Balaban J connectivity index is 1.99. The highest BCUT2D eigenvalue weighted by Gasteiger charge is 2.38. The topological polar surface area (TPSA) is 58.2 Å². The van der Waals surface area contributed by atoms with Crippen molar-refractivity contribution in [2.75, 3.05) is 5.32 Å². The van der Waals surface area contributed by atoms with Crippen LogP contribution in [0.5, 0.6) is 0 Å². The van der Waals surface area contributed by atoms with Gasteiger partial charge in [0.05, 0.1) is 0 Å². The summed E-state index contributed by atoms with van der Waals surface area (Å²) < 4.78 is 37.5. The van der Waals surface area contributed by atoms with Crippen LogP contribution in [0.4, 0.5) is 18.9 Å². The zero-order valence-electron chi connectivity index (χ0n) is 12.2. The first-order chi connectivity index (χ1) is 11.3. The quantitative estimate of drug-likeness (QED) is 0.817. The largest absolute Gasteiger partial charge is 0.471 e. The molecule has 0 radical (unpaired) electrons. The minimum absolute atomic E-state index is 0.00605. The molecule has 0 saturated heterocycles. The van der Waals surface area contributed by atoms with Gasteiger partial charge in [-0.3, -0.25) is 9.59 Å². The van der Waals surface area contributed by atoms with Gasteiger partial charge in [-0.2, -0.15) is 13.2 Å². The number of carbonyl (C=O) groups is 2. The fraction of sp³-hybridized carbons (Fsp3) is 0.125. The van der Waals surface area contributed by atoms with Gasteiger partial charge in [0.2, 0.25) is 0 Å². The molecule has 2 N–H and O–H groups in total. The summed E-state index contributed by atoms with van der Waals surface area (Å²) in [5.74, 6) is -2.36. The molecule has 4 nitrogen and oxygen atoms in total. The lowest BCUT2D eigenvalue weighted by molar-refractivity contribution is -0.167. The molecule has 2 rings (SSSR count). The zero-order chi connectivity index (χ0) is 17.7. The van der Waals surface area contributed by atoms with E-state index in [2.05, 4.69) is 21.2 Å². The number of hydrogen-bond donors (Lipinski definition) is 2. The predicted octanol–water partition coefficient (Wildman–Crippen LogP) is 3.88. The third-order valence-corrected chi connectivity index (χ3v) is 3.48. The van der Waals surface area contributed by atoms with Gasteiger partial charge in [-0.15, -0.1) is 0 Å². The molecular weight excluding hydrogens is 389 g/mol. The van der Waals surface area contributed by atoms with Crippen LogP contribution in [0.25, 0.3) is 0 Å². The lowest BCUT2D eigenvalue weighted by atomic mass is 10.1. The summed E-state index contributed by atoms with van der Waals surface area (Å²) in [5, 5.41) is 4.42. The van der Waals surface area contributed by atoms with Crippen molar-refractivity contribution in [2.24, 2.45) is 0 Å². The maximum absolute atomic E-state index is 12.2. The smallest absolute Gasteiger partial charge is 0.348 e. The van der Waals surface area contributed by atoms with E-state index in [4.69, 9.17) is 0 Å². The number of anilines is 1. The number of hydrogen-bond acceptors (Lipinski definition) is 2. The van der Waals surface area contributed by atoms with Gasteiger partial charge in [-0.05, 0) is 35.9 Å². The second-order valence-electron chi connectivity index (χ2n) is 4.85. The van der Waals surface area contributed by atoms with Gasteiger partial charge in [0.1, 0.15) is 0 Å². The normalized spacial score (nSPS) is 11.0. The van der Waals surface area contributed by atoms with Crippen LogP contribution in [-0.2, 0) is 11.3 Å². The molecule has 0 saturated carbocycles. The Morgan fingerprint density at radius 2 is 1.75 bits per heavy atom. The molecule has 24 heavy (non-hydrogen) atoms. The van der Waals surface area contributed by atoms with Gasteiger partial charge in [-0.25, -0.2) is 0 Å². The molecule has 2 amide bonds. The summed E-state index contributed by atoms with van der Waals surface area (Å²) in [5.41, 5.74) is 1.01. The molecule has 8 heteroatoms. The molecule has 0 spiro atoms. The Morgan fingerprint density at radius 3 is 2.42 bits per heavy atom. The van der Waals surface area contributed by atoms with Crippen LogP contribution < -0.4 is 10.6 Å². The highest BCUT2D eigenvalue weighted by Crippen LogP contribution is 2.19. The Kier molecular flexibility index (Phi) is 5.61. The molecule has 0 aliphatic rings. The molecule has 0 aliphatic heterocycles. The van der Waals surface area contributed by atoms with Crippen LogP contribution in [0.3, 0.4) is 0 Å². The third kappa shape index (κ3) is 5.09. The van der Waals surface area contributed by atoms with Crippen molar-refractivity contribution in [3.63, 3.8) is 0 Å². The van der Waals surface area contributed by atoms with Crippen LogP contribution in [0.15, 0.2) is 53.0 Å². The Morgan fingerprint density at radius 1 is 1.04 bits per heavy atom. The molecule has 0 aliphatic carbocycles. The van der Waals surface area contributed by atoms with Crippen LogP contribution in [0.1, 0.15) is 15.9 Å².